The lowest BCUT2D eigenvalue weighted by Gasteiger charge is -2.17. The summed E-state index contributed by atoms with van der Waals surface area (Å²) in [7, 11) is 0. The number of carbonyl (C=O) groups excluding carboxylic acids is 1. The van der Waals surface area contributed by atoms with E-state index in [0.717, 1.165) is 30.0 Å². The maximum atomic E-state index is 12.0. The third-order valence-electron chi connectivity index (χ3n) is 4.26. The molecule has 1 aliphatic rings. The average molecular weight is 344 g/mol. The van der Waals surface area contributed by atoms with Crippen molar-refractivity contribution in [2.45, 2.75) is 32.2 Å². The van der Waals surface area contributed by atoms with E-state index in [0.29, 0.717) is 24.4 Å². The summed E-state index contributed by atoms with van der Waals surface area (Å²) in [5.41, 5.74) is 2.17. The van der Waals surface area contributed by atoms with Crippen molar-refractivity contribution in [1.82, 2.24) is 10.3 Å². The Morgan fingerprint density at radius 1 is 1.17 bits per heavy atom. The van der Waals surface area contributed by atoms with Crippen LogP contribution in [0.25, 0.3) is 0 Å². The lowest BCUT2D eigenvalue weighted by atomic mass is 10.1. The number of aromatic nitrogens is 1. The summed E-state index contributed by atoms with van der Waals surface area (Å²) in [6.45, 7) is 2.68. The first-order chi connectivity index (χ1) is 11.7. The Balaban J connectivity index is 1.48. The summed E-state index contributed by atoms with van der Waals surface area (Å²) >= 11 is 5.96. The van der Waals surface area contributed by atoms with Crippen LogP contribution in [0.15, 0.2) is 42.6 Å². The van der Waals surface area contributed by atoms with Crippen LogP contribution in [-0.2, 0) is 17.8 Å². The quantitative estimate of drug-likeness (QED) is 0.871. The second kappa shape index (κ2) is 8.15. The van der Waals surface area contributed by atoms with E-state index in [-0.39, 0.29) is 5.91 Å². The highest BCUT2D eigenvalue weighted by Crippen LogP contribution is 2.18. The molecule has 0 aliphatic carbocycles. The topological polar surface area (TPSA) is 45.2 Å². The molecule has 4 nitrogen and oxygen atoms in total. The summed E-state index contributed by atoms with van der Waals surface area (Å²) in [4.78, 5) is 18.8. The molecular weight excluding hydrogens is 322 g/mol. The van der Waals surface area contributed by atoms with Gasteiger partial charge in [0, 0.05) is 37.3 Å². The van der Waals surface area contributed by atoms with Gasteiger partial charge in [0.05, 0.1) is 0 Å². The summed E-state index contributed by atoms with van der Waals surface area (Å²) in [6, 6.07) is 11.7. The molecule has 0 bridgehead atoms. The lowest BCUT2D eigenvalue weighted by Crippen LogP contribution is -2.24. The predicted molar refractivity (Wildman–Crippen MR) is 97.3 cm³/mol. The molecule has 1 amide bonds. The SMILES string of the molecule is O=C(CCc1cccc(Cl)c1)NCc1ccnc(N2CCCC2)c1. The molecule has 0 radical (unpaired) electrons. The minimum Gasteiger partial charge on any atom is -0.357 e. The molecule has 1 saturated heterocycles. The molecule has 5 heteroatoms. The van der Waals surface area contributed by atoms with Crippen molar-refractivity contribution < 1.29 is 4.79 Å². The van der Waals surface area contributed by atoms with Gasteiger partial charge in [0.1, 0.15) is 5.82 Å². The van der Waals surface area contributed by atoms with Crippen molar-refractivity contribution in [2.24, 2.45) is 0 Å². The molecule has 0 spiro atoms. The first kappa shape index (κ1) is 16.8. The Morgan fingerprint density at radius 2 is 2.00 bits per heavy atom. The van der Waals surface area contributed by atoms with Crippen LogP contribution in [0.2, 0.25) is 5.02 Å². The van der Waals surface area contributed by atoms with Crippen molar-refractivity contribution in [3.05, 3.63) is 58.7 Å². The van der Waals surface area contributed by atoms with Crippen LogP contribution < -0.4 is 10.2 Å². The molecule has 1 N–H and O–H groups in total. The Hall–Kier alpha value is -2.07. The van der Waals surface area contributed by atoms with E-state index in [1.807, 2.05) is 36.5 Å². The maximum Gasteiger partial charge on any atom is 0.220 e. The second-order valence-electron chi connectivity index (χ2n) is 6.12. The molecule has 0 saturated carbocycles. The number of rotatable bonds is 6. The minimum absolute atomic E-state index is 0.0505. The molecule has 3 rings (SSSR count). The van der Waals surface area contributed by atoms with E-state index >= 15 is 0 Å². The monoisotopic (exact) mass is 343 g/mol. The Bertz CT molecular complexity index is 699. The zero-order valence-corrected chi connectivity index (χ0v) is 14.4. The predicted octanol–water partition coefficient (Wildman–Crippen LogP) is 3.58. The lowest BCUT2D eigenvalue weighted by molar-refractivity contribution is -0.121. The Morgan fingerprint density at radius 3 is 2.79 bits per heavy atom. The van der Waals surface area contributed by atoms with E-state index in [9.17, 15) is 4.79 Å². The van der Waals surface area contributed by atoms with Gasteiger partial charge in [0.2, 0.25) is 5.91 Å². The minimum atomic E-state index is 0.0505. The summed E-state index contributed by atoms with van der Waals surface area (Å²) in [6.07, 6.45) is 5.44. The van der Waals surface area contributed by atoms with Gasteiger partial charge in [-0.25, -0.2) is 4.98 Å². The molecule has 0 atom stereocenters. The average Bonchev–Trinajstić information content (AvgIpc) is 3.13. The highest BCUT2D eigenvalue weighted by Gasteiger charge is 2.13. The van der Waals surface area contributed by atoms with Crippen LogP contribution in [0.3, 0.4) is 0 Å². The van der Waals surface area contributed by atoms with E-state index < -0.39 is 0 Å². The standard InChI is InChI=1S/C19H22ClN3O/c20-17-5-3-4-15(12-17)6-7-19(24)22-14-16-8-9-21-18(13-16)23-10-1-2-11-23/h3-5,8-9,12-13H,1-2,6-7,10-11,14H2,(H,22,24). The van der Waals surface area contributed by atoms with Gasteiger partial charge in [-0.3, -0.25) is 4.79 Å². The second-order valence-corrected chi connectivity index (χ2v) is 6.56. The van der Waals surface area contributed by atoms with Gasteiger partial charge in [-0.2, -0.15) is 0 Å². The van der Waals surface area contributed by atoms with Gasteiger partial charge in [-0.1, -0.05) is 23.7 Å². The van der Waals surface area contributed by atoms with Gasteiger partial charge >= 0.3 is 0 Å². The number of hydrogen-bond acceptors (Lipinski definition) is 3. The van der Waals surface area contributed by atoms with Gasteiger partial charge in [-0.15, -0.1) is 0 Å². The fourth-order valence-electron chi connectivity index (χ4n) is 2.93. The molecule has 1 aromatic carbocycles. The van der Waals surface area contributed by atoms with E-state index in [2.05, 4.69) is 21.3 Å². The van der Waals surface area contributed by atoms with E-state index in [4.69, 9.17) is 11.6 Å². The summed E-state index contributed by atoms with van der Waals surface area (Å²) in [5.74, 6) is 1.06. The van der Waals surface area contributed by atoms with Gasteiger partial charge in [0.25, 0.3) is 0 Å². The van der Waals surface area contributed by atoms with Crippen LogP contribution in [0.4, 0.5) is 5.82 Å². The van der Waals surface area contributed by atoms with Crippen LogP contribution in [-0.4, -0.2) is 24.0 Å². The number of pyridine rings is 1. The maximum absolute atomic E-state index is 12.0. The van der Waals surface area contributed by atoms with Crippen LogP contribution in [0.1, 0.15) is 30.4 Å². The Kier molecular flexibility index (Phi) is 5.70. The number of carbonyl (C=O) groups is 1. The molecule has 24 heavy (non-hydrogen) atoms. The highest BCUT2D eigenvalue weighted by molar-refractivity contribution is 6.30. The van der Waals surface area contributed by atoms with Crippen LogP contribution in [0.5, 0.6) is 0 Å². The molecule has 1 fully saturated rings. The van der Waals surface area contributed by atoms with Crippen molar-refractivity contribution in [2.75, 3.05) is 18.0 Å². The van der Waals surface area contributed by atoms with E-state index in [1.165, 1.54) is 12.8 Å². The molecule has 0 unspecified atom stereocenters. The summed E-state index contributed by atoms with van der Waals surface area (Å²) < 4.78 is 0. The number of nitrogens with one attached hydrogen (secondary N) is 1. The number of nitrogens with zero attached hydrogens (tertiary/aromatic N) is 2. The largest absolute Gasteiger partial charge is 0.357 e. The number of anilines is 1. The van der Waals surface area contributed by atoms with Crippen molar-refractivity contribution >= 4 is 23.3 Å². The van der Waals surface area contributed by atoms with E-state index in [1.54, 1.807) is 0 Å². The van der Waals surface area contributed by atoms with Gasteiger partial charge in [0.15, 0.2) is 0 Å². The summed E-state index contributed by atoms with van der Waals surface area (Å²) in [5, 5.41) is 3.69. The van der Waals surface area contributed by atoms with Crippen LogP contribution >= 0.6 is 11.6 Å². The molecule has 2 heterocycles. The smallest absolute Gasteiger partial charge is 0.220 e. The zero-order valence-electron chi connectivity index (χ0n) is 13.7. The van der Waals surface area contributed by atoms with Gasteiger partial charge in [-0.05, 0) is 54.7 Å². The number of aryl methyl sites for hydroxylation is 1. The fraction of sp³-hybridized carbons (Fsp3) is 0.368. The third kappa shape index (κ3) is 4.71. The van der Waals surface area contributed by atoms with Crippen molar-refractivity contribution in [3.63, 3.8) is 0 Å². The van der Waals surface area contributed by atoms with Gasteiger partial charge < -0.3 is 10.2 Å². The Labute approximate surface area is 147 Å². The first-order valence-electron chi connectivity index (χ1n) is 8.42. The molecule has 126 valence electrons. The normalized spacial score (nSPS) is 14.0. The van der Waals surface area contributed by atoms with Crippen molar-refractivity contribution in [3.8, 4) is 0 Å². The molecule has 1 aromatic heterocycles. The number of hydrogen-bond donors (Lipinski definition) is 1. The number of halogens is 1. The van der Waals surface area contributed by atoms with Crippen LogP contribution in [0, 0.1) is 0 Å². The highest BCUT2D eigenvalue weighted by atomic mass is 35.5. The molecular formula is C19H22ClN3O. The number of benzene rings is 1. The van der Waals surface area contributed by atoms with Crippen molar-refractivity contribution in [1.29, 1.82) is 0 Å². The first-order valence-corrected chi connectivity index (χ1v) is 8.79. The zero-order chi connectivity index (χ0) is 16.8. The molecule has 2 aromatic rings. The number of amides is 1. The third-order valence-corrected chi connectivity index (χ3v) is 4.49. The fourth-order valence-corrected chi connectivity index (χ4v) is 3.14. The molecule has 1 aliphatic heterocycles.